The molecule has 1 aromatic carbocycles. The topological polar surface area (TPSA) is 39.1 Å². The Morgan fingerprint density at radius 2 is 1.89 bits per heavy atom. The van der Waals surface area contributed by atoms with Crippen LogP contribution >= 0.6 is 0 Å². The number of aliphatic imine (C=N–C) groups is 1. The monoisotopic (exact) mass is 253 g/mol. The van der Waals surface area contributed by atoms with Gasteiger partial charge in [-0.2, -0.15) is 0 Å². The number of hydrogen-bond donors (Lipinski definition) is 1. The number of benzene rings is 1. The largest absolute Gasteiger partial charge is 0.386 e. The van der Waals surface area contributed by atoms with E-state index in [-0.39, 0.29) is 12.4 Å². The maximum Gasteiger partial charge on any atom is 0.195 e. The summed E-state index contributed by atoms with van der Waals surface area (Å²) in [5.74, 6) is 0.404. The van der Waals surface area contributed by atoms with Gasteiger partial charge in [-0.1, -0.05) is 12.1 Å². The molecule has 0 amide bonds. The predicted octanol–water partition coefficient (Wildman–Crippen LogP) is 1.34. The van der Waals surface area contributed by atoms with Gasteiger partial charge in [-0.25, -0.2) is 9.38 Å². The lowest BCUT2D eigenvalue weighted by Gasteiger charge is -2.23. The highest BCUT2D eigenvalue weighted by Crippen LogP contribution is 2.14. The average Bonchev–Trinajstić information content (AvgIpc) is 2.28. The molecule has 0 spiro atoms. The smallest absolute Gasteiger partial charge is 0.195 e. The van der Waals surface area contributed by atoms with Crippen LogP contribution in [0.2, 0.25) is 0 Å². The number of aliphatic hydroxyl groups is 1. The van der Waals surface area contributed by atoms with Gasteiger partial charge in [0.2, 0.25) is 0 Å². The zero-order chi connectivity index (χ0) is 13.7. The van der Waals surface area contributed by atoms with Crippen LogP contribution in [0.15, 0.2) is 29.3 Å². The molecule has 0 radical (unpaired) electrons. The van der Waals surface area contributed by atoms with Crippen molar-refractivity contribution in [1.82, 2.24) is 9.80 Å². The molecule has 100 valence electrons. The highest BCUT2D eigenvalue weighted by Gasteiger charge is 2.10. The zero-order valence-electron chi connectivity index (χ0n) is 11.3. The first kappa shape index (κ1) is 14.4. The molecule has 1 rings (SSSR count). The van der Waals surface area contributed by atoms with Crippen LogP contribution in [0.5, 0.6) is 0 Å². The van der Waals surface area contributed by atoms with Crippen LogP contribution in [0, 0.1) is 5.82 Å². The van der Waals surface area contributed by atoms with Crippen LogP contribution in [0.1, 0.15) is 11.7 Å². The van der Waals surface area contributed by atoms with E-state index < -0.39 is 6.10 Å². The molecule has 0 saturated carbocycles. The second-order valence-corrected chi connectivity index (χ2v) is 4.50. The summed E-state index contributed by atoms with van der Waals surface area (Å²) in [6.45, 7) is 0.204. The second-order valence-electron chi connectivity index (χ2n) is 4.50. The van der Waals surface area contributed by atoms with Crippen molar-refractivity contribution in [3.05, 3.63) is 35.6 Å². The van der Waals surface area contributed by atoms with Gasteiger partial charge < -0.3 is 14.9 Å². The van der Waals surface area contributed by atoms with Crippen LogP contribution in [-0.4, -0.2) is 55.6 Å². The molecule has 0 heterocycles. The lowest BCUT2D eigenvalue weighted by molar-refractivity contribution is 0.186. The van der Waals surface area contributed by atoms with E-state index in [0.29, 0.717) is 5.56 Å². The maximum atomic E-state index is 13.0. The van der Waals surface area contributed by atoms with Gasteiger partial charge in [-0.15, -0.1) is 0 Å². The Morgan fingerprint density at radius 1 is 1.28 bits per heavy atom. The van der Waals surface area contributed by atoms with E-state index in [9.17, 15) is 9.50 Å². The number of halogens is 1. The van der Waals surface area contributed by atoms with E-state index in [1.54, 1.807) is 12.1 Å². The van der Waals surface area contributed by atoms with Crippen LogP contribution in [-0.2, 0) is 0 Å². The van der Waals surface area contributed by atoms with Crippen LogP contribution in [0.3, 0.4) is 0 Å². The minimum atomic E-state index is -0.796. The van der Waals surface area contributed by atoms with Crippen molar-refractivity contribution in [2.24, 2.45) is 4.99 Å². The summed E-state index contributed by atoms with van der Waals surface area (Å²) >= 11 is 0. The first-order valence-corrected chi connectivity index (χ1v) is 5.74. The number of guanidine groups is 1. The fourth-order valence-electron chi connectivity index (χ4n) is 1.67. The van der Waals surface area contributed by atoms with Gasteiger partial charge >= 0.3 is 0 Å². The fraction of sp³-hybridized carbons (Fsp3) is 0.462. The third kappa shape index (κ3) is 4.00. The SMILES string of the molecule is CN(C)C(=NCC(O)c1cccc(F)c1)N(C)C. The van der Waals surface area contributed by atoms with Gasteiger partial charge in [-0.05, 0) is 17.7 Å². The summed E-state index contributed by atoms with van der Waals surface area (Å²) in [7, 11) is 7.53. The summed E-state index contributed by atoms with van der Waals surface area (Å²) in [5.41, 5.74) is 0.538. The van der Waals surface area contributed by atoms with E-state index in [1.165, 1.54) is 12.1 Å². The molecule has 0 fully saturated rings. The van der Waals surface area contributed by atoms with Crippen LogP contribution < -0.4 is 0 Å². The van der Waals surface area contributed by atoms with E-state index in [2.05, 4.69) is 4.99 Å². The minimum absolute atomic E-state index is 0.204. The molecular weight excluding hydrogens is 233 g/mol. The van der Waals surface area contributed by atoms with Gasteiger partial charge in [0.25, 0.3) is 0 Å². The number of aliphatic hydroxyl groups excluding tert-OH is 1. The molecule has 1 N–H and O–H groups in total. The third-order valence-electron chi connectivity index (χ3n) is 2.44. The van der Waals surface area contributed by atoms with Gasteiger partial charge in [0.05, 0.1) is 12.6 Å². The summed E-state index contributed by atoms with van der Waals surface area (Å²) in [6.07, 6.45) is -0.796. The molecule has 1 unspecified atom stereocenters. The van der Waals surface area contributed by atoms with Crippen molar-refractivity contribution in [1.29, 1.82) is 0 Å². The highest BCUT2D eigenvalue weighted by atomic mass is 19.1. The summed E-state index contributed by atoms with van der Waals surface area (Å²) < 4.78 is 13.0. The van der Waals surface area contributed by atoms with Crippen LogP contribution in [0.25, 0.3) is 0 Å². The van der Waals surface area contributed by atoms with Crippen molar-refractivity contribution >= 4 is 5.96 Å². The first-order chi connectivity index (χ1) is 8.41. The Labute approximate surface area is 107 Å². The highest BCUT2D eigenvalue weighted by molar-refractivity contribution is 5.79. The lowest BCUT2D eigenvalue weighted by Crippen LogP contribution is -2.35. The Hall–Kier alpha value is -1.62. The molecule has 5 heteroatoms. The Kier molecular flexibility index (Phi) is 5.09. The molecule has 0 saturated heterocycles. The zero-order valence-corrected chi connectivity index (χ0v) is 11.3. The quantitative estimate of drug-likeness (QED) is 0.652. The predicted molar refractivity (Wildman–Crippen MR) is 71.0 cm³/mol. The maximum absolute atomic E-state index is 13.0. The van der Waals surface area contributed by atoms with Gasteiger partial charge in [0.15, 0.2) is 5.96 Å². The molecule has 1 aromatic rings. The second kappa shape index (κ2) is 6.35. The van der Waals surface area contributed by atoms with E-state index in [1.807, 2.05) is 38.0 Å². The van der Waals surface area contributed by atoms with E-state index in [4.69, 9.17) is 0 Å². The molecule has 1 atom stereocenters. The van der Waals surface area contributed by atoms with Gasteiger partial charge in [0, 0.05) is 28.2 Å². The molecule has 18 heavy (non-hydrogen) atoms. The summed E-state index contributed by atoms with van der Waals surface area (Å²) in [5, 5.41) is 9.95. The van der Waals surface area contributed by atoms with Crippen molar-refractivity contribution < 1.29 is 9.50 Å². The Balaban J connectivity index is 2.75. The standard InChI is InChI=1S/C13H20FN3O/c1-16(2)13(17(3)4)15-9-12(18)10-6-5-7-11(14)8-10/h5-8,12,18H,9H2,1-4H3. The molecule has 4 nitrogen and oxygen atoms in total. The number of rotatable bonds is 3. The van der Waals surface area contributed by atoms with Crippen molar-refractivity contribution in [3.63, 3.8) is 0 Å². The lowest BCUT2D eigenvalue weighted by atomic mass is 10.1. The summed E-state index contributed by atoms with van der Waals surface area (Å²) in [4.78, 5) is 8.04. The first-order valence-electron chi connectivity index (χ1n) is 5.74. The Morgan fingerprint density at radius 3 is 2.39 bits per heavy atom. The fourth-order valence-corrected chi connectivity index (χ4v) is 1.67. The Bertz CT molecular complexity index is 408. The molecule has 0 aromatic heterocycles. The van der Waals surface area contributed by atoms with Crippen molar-refractivity contribution in [2.45, 2.75) is 6.10 Å². The third-order valence-corrected chi connectivity index (χ3v) is 2.44. The minimum Gasteiger partial charge on any atom is -0.386 e. The van der Waals surface area contributed by atoms with Gasteiger partial charge in [-0.3, -0.25) is 0 Å². The van der Waals surface area contributed by atoms with Gasteiger partial charge in [0.1, 0.15) is 5.82 Å². The van der Waals surface area contributed by atoms with E-state index >= 15 is 0 Å². The van der Waals surface area contributed by atoms with Crippen LogP contribution in [0.4, 0.5) is 4.39 Å². The summed E-state index contributed by atoms with van der Waals surface area (Å²) in [6, 6.07) is 5.94. The molecule has 0 aliphatic carbocycles. The normalized spacial score (nSPS) is 11.9. The van der Waals surface area contributed by atoms with Crippen molar-refractivity contribution in [2.75, 3.05) is 34.7 Å². The molecule has 0 aliphatic rings. The molecule has 0 bridgehead atoms. The molecular formula is C13H20FN3O. The van der Waals surface area contributed by atoms with Crippen molar-refractivity contribution in [3.8, 4) is 0 Å². The average molecular weight is 253 g/mol. The number of nitrogens with zero attached hydrogens (tertiary/aromatic N) is 3. The van der Waals surface area contributed by atoms with E-state index in [0.717, 1.165) is 5.96 Å². The number of hydrogen-bond acceptors (Lipinski definition) is 2. The molecule has 0 aliphatic heterocycles.